The molecule has 1 aromatic carbocycles. The van der Waals surface area contributed by atoms with Crippen molar-refractivity contribution in [2.75, 3.05) is 0 Å². The highest BCUT2D eigenvalue weighted by atomic mass is 35.5. The number of benzene rings is 1. The van der Waals surface area contributed by atoms with Crippen LogP contribution in [0.5, 0.6) is 0 Å². The van der Waals surface area contributed by atoms with Crippen molar-refractivity contribution in [2.45, 2.75) is 6.04 Å². The second kappa shape index (κ2) is 4.18. The minimum absolute atomic E-state index is 0.232. The van der Waals surface area contributed by atoms with E-state index in [1.807, 2.05) is 41.1 Å². The average molecular weight is 264 g/mol. The third kappa shape index (κ3) is 1.86. The van der Waals surface area contributed by atoms with Crippen LogP contribution in [0.3, 0.4) is 0 Å². The zero-order valence-corrected chi connectivity index (χ0v) is 10.5. The second-order valence-electron chi connectivity index (χ2n) is 3.84. The Balaban J connectivity index is 2.10. The predicted molar refractivity (Wildman–Crippen MR) is 71.6 cm³/mol. The molecule has 1 atom stereocenters. The van der Waals surface area contributed by atoms with Crippen molar-refractivity contribution in [2.24, 2.45) is 5.73 Å². The predicted octanol–water partition coefficient (Wildman–Crippen LogP) is 4.20. The average Bonchev–Trinajstić information content (AvgIpc) is 2.98. The van der Waals surface area contributed by atoms with Crippen LogP contribution in [0.2, 0.25) is 5.02 Å². The molecule has 0 aliphatic heterocycles. The number of fused-ring (bicyclic) bond motifs is 1. The Hall–Kier alpha value is -1.29. The summed E-state index contributed by atoms with van der Waals surface area (Å²) >= 11 is 7.69. The number of furan rings is 1. The lowest BCUT2D eigenvalue weighted by molar-refractivity contribution is 0.525. The summed E-state index contributed by atoms with van der Waals surface area (Å²) in [6.07, 6.45) is 0. The maximum Gasteiger partial charge on any atom is 0.152 e. The number of rotatable bonds is 2. The van der Waals surface area contributed by atoms with E-state index in [0.717, 1.165) is 16.7 Å². The Kier molecular flexibility index (Phi) is 2.67. The van der Waals surface area contributed by atoms with Gasteiger partial charge in [0.05, 0.1) is 11.1 Å². The Bertz CT molecular complexity index is 645. The van der Waals surface area contributed by atoms with Crippen LogP contribution in [0.1, 0.15) is 17.4 Å². The molecule has 4 heteroatoms. The summed E-state index contributed by atoms with van der Waals surface area (Å²) in [7, 11) is 0. The number of para-hydroxylation sites is 1. The number of hydrogen-bond donors (Lipinski definition) is 1. The fraction of sp³-hybridized carbons (Fsp3) is 0.0769. The second-order valence-corrected chi connectivity index (χ2v) is 5.03. The Morgan fingerprint density at radius 2 is 2.18 bits per heavy atom. The number of halogens is 1. The van der Waals surface area contributed by atoms with E-state index in [9.17, 15) is 0 Å². The summed E-state index contributed by atoms with van der Waals surface area (Å²) in [5.74, 6) is 0.742. The van der Waals surface area contributed by atoms with Crippen LogP contribution in [-0.4, -0.2) is 0 Å². The van der Waals surface area contributed by atoms with Gasteiger partial charge in [0.2, 0.25) is 0 Å². The normalized spacial score (nSPS) is 13.1. The molecular formula is C13H10ClNOS. The van der Waals surface area contributed by atoms with E-state index in [4.69, 9.17) is 21.8 Å². The van der Waals surface area contributed by atoms with Gasteiger partial charge < -0.3 is 10.2 Å². The SMILES string of the molecule is NC(c1ccsc1)c1cc2cccc(Cl)c2o1. The van der Waals surface area contributed by atoms with E-state index < -0.39 is 0 Å². The largest absolute Gasteiger partial charge is 0.457 e. The smallest absolute Gasteiger partial charge is 0.152 e. The van der Waals surface area contributed by atoms with Gasteiger partial charge in [-0.25, -0.2) is 0 Å². The lowest BCUT2D eigenvalue weighted by atomic mass is 10.1. The first kappa shape index (κ1) is 10.8. The molecule has 2 aromatic heterocycles. The Labute approximate surface area is 108 Å². The molecule has 17 heavy (non-hydrogen) atoms. The van der Waals surface area contributed by atoms with E-state index in [2.05, 4.69) is 0 Å². The van der Waals surface area contributed by atoms with E-state index >= 15 is 0 Å². The molecule has 86 valence electrons. The lowest BCUT2D eigenvalue weighted by Crippen LogP contribution is -2.09. The van der Waals surface area contributed by atoms with Gasteiger partial charge >= 0.3 is 0 Å². The van der Waals surface area contributed by atoms with Gasteiger partial charge in [0.25, 0.3) is 0 Å². The van der Waals surface area contributed by atoms with E-state index in [1.165, 1.54) is 0 Å². The molecule has 0 bridgehead atoms. The zero-order chi connectivity index (χ0) is 11.8. The summed E-state index contributed by atoms with van der Waals surface area (Å²) in [5.41, 5.74) is 7.91. The highest BCUT2D eigenvalue weighted by molar-refractivity contribution is 7.08. The number of thiophene rings is 1. The van der Waals surface area contributed by atoms with Gasteiger partial charge in [-0.05, 0) is 34.5 Å². The fourth-order valence-electron chi connectivity index (χ4n) is 1.82. The van der Waals surface area contributed by atoms with E-state index in [0.29, 0.717) is 10.6 Å². The maximum atomic E-state index is 6.14. The highest BCUT2D eigenvalue weighted by Gasteiger charge is 2.15. The molecule has 3 rings (SSSR count). The van der Waals surface area contributed by atoms with Crippen LogP contribution in [0.4, 0.5) is 0 Å². The number of hydrogen-bond acceptors (Lipinski definition) is 3. The van der Waals surface area contributed by atoms with Crippen molar-refractivity contribution in [3.05, 3.63) is 57.4 Å². The summed E-state index contributed by atoms with van der Waals surface area (Å²) in [5, 5.41) is 5.63. The van der Waals surface area contributed by atoms with Crippen molar-refractivity contribution in [3.63, 3.8) is 0 Å². The quantitative estimate of drug-likeness (QED) is 0.753. The first-order valence-corrected chi connectivity index (χ1v) is 6.53. The summed E-state index contributed by atoms with van der Waals surface area (Å²) in [6.45, 7) is 0. The van der Waals surface area contributed by atoms with Crippen molar-refractivity contribution in [3.8, 4) is 0 Å². The van der Waals surface area contributed by atoms with Crippen LogP contribution < -0.4 is 5.73 Å². The molecule has 0 fully saturated rings. The molecule has 2 heterocycles. The Morgan fingerprint density at radius 1 is 1.29 bits per heavy atom. The topological polar surface area (TPSA) is 39.2 Å². The van der Waals surface area contributed by atoms with Crippen LogP contribution in [-0.2, 0) is 0 Å². The van der Waals surface area contributed by atoms with Gasteiger partial charge in [0, 0.05) is 5.39 Å². The molecule has 1 unspecified atom stereocenters. The Morgan fingerprint density at radius 3 is 2.88 bits per heavy atom. The lowest BCUT2D eigenvalue weighted by Gasteiger charge is -2.05. The molecule has 3 aromatic rings. The highest BCUT2D eigenvalue weighted by Crippen LogP contribution is 2.31. The third-order valence-electron chi connectivity index (χ3n) is 2.72. The molecule has 2 nitrogen and oxygen atoms in total. The molecule has 0 radical (unpaired) electrons. The minimum atomic E-state index is -0.232. The molecular weight excluding hydrogens is 254 g/mol. The molecule has 0 aliphatic rings. The molecule has 0 aliphatic carbocycles. The molecule has 0 spiro atoms. The summed E-state index contributed by atoms with van der Waals surface area (Å²) in [6, 6.07) is 9.40. The van der Waals surface area contributed by atoms with Gasteiger partial charge in [-0.2, -0.15) is 11.3 Å². The van der Waals surface area contributed by atoms with E-state index in [1.54, 1.807) is 11.3 Å². The van der Waals surface area contributed by atoms with Crippen LogP contribution in [0.15, 0.2) is 45.5 Å². The van der Waals surface area contributed by atoms with Crippen molar-refractivity contribution < 1.29 is 4.42 Å². The summed E-state index contributed by atoms with van der Waals surface area (Å²) < 4.78 is 5.73. The van der Waals surface area contributed by atoms with Crippen molar-refractivity contribution >= 4 is 33.9 Å². The van der Waals surface area contributed by atoms with Gasteiger partial charge in [-0.1, -0.05) is 23.7 Å². The van der Waals surface area contributed by atoms with E-state index in [-0.39, 0.29) is 6.04 Å². The minimum Gasteiger partial charge on any atom is -0.457 e. The zero-order valence-electron chi connectivity index (χ0n) is 8.89. The van der Waals surface area contributed by atoms with Crippen LogP contribution in [0, 0.1) is 0 Å². The fourth-order valence-corrected chi connectivity index (χ4v) is 2.73. The third-order valence-corrected chi connectivity index (χ3v) is 3.72. The molecule has 2 N–H and O–H groups in total. The van der Waals surface area contributed by atoms with Crippen LogP contribution >= 0.6 is 22.9 Å². The standard InChI is InChI=1S/C13H10ClNOS/c14-10-3-1-2-8-6-11(16-13(8)10)12(15)9-4-5-17-7-9/h1-7,12H,15H2. The summed E-state index contributed by atoms with van der Waals surface area (Å²) in [4.78, 5) is 0. The first-order chi connectivity index (χ1) is 8.25. The first-order valence-electron chi connectivity index (χ1n) is 5.21. The maximum absolute atomic E-state index is 6.14. The van der Waals surface area contributed by atoms with Gasteiger partial charge in [0.15, 0.2) is 5.58 Å². The van der Waals surface area contributed by atoms with Crippen molar-refractivity contribution in [1.82, 2.24) is 0 Å². The van der Waals surface area contributed by atoms with Gasteiger partial charge in [-0.15, -0.1) is 0 Å². The van der Waals surface area contributed by atoms with Gasteiger partial charge in [-0.3, -0.25) is 0 Å². The monoisotopic (exact) mass is 263 g/mol. The van der Waals surface area contributed by atoms with Gasteiger partial charge in [0.1, 0.15) is 5.76 Å². The molecule has 0 saturated carbocycles. The molecule has 0 amide bonds. The van der Waals surface area contributed by atoms with Crippen molar-refractivity contribution in [1.29, 1.82) is 0 Å². The van der Waals surface area contributed by atoms with Crippen LogP contribution in [0.25, 0.3) is 11.0 Å². The molecule has 0 saturated heterocycles. The number of nitrogens with two attached hydrogens (primary N) is 1.